The largest absolute Gasteiger partial charge is 0.744 e. The van der Waals surface area contributed by atoms with Crippen LogP contribution >= 0.6 is 0 Å². The van der Waals surface area contributed by atoms with Crippen molar-refractivity contribution in [1.29, 1.82) is 0 Å². The van der Waals surface area contributed by atoms with Crippen molar-refractivity contribution in [3.05, 3.63) is 78.9 Å². The summed E-state index contributed by atoms with van der Waals surface area (Å²) in [6, 6.07) is 17.2. The molecular weight excluding hydrogens is 653 g/mol. The van der Waals surface area contributed by atoms with E-state index in [9.17, 15) is 31.0 Å². The van der Waals surface area contributed by atoms with Crippen molar-refractivity contribution in [1.82, 2.24) is 0 Å². The number of anilines is 4. The lowest BCUT2D eigenvalue weighted by molar-refractivity contribution is 0.458. The maximum Gasteiger partial charge on any atom is 0.152 e. The number of hydrogen-bond acceptors (Lipinski definition) is 17. The summed E-state index contributed by atoms with van der Waals surface area (Å²) in [6.07, 6.45) is 0. The molecule has 0 aliphatic heterocycles. The molecule has 0 bridgehead atoms. The van der Waals surface area contributed by atoms with Gasteiger partial charge in [-0.3, -0.25) is 0 Å². The molecule has 19 heteroatoms. The summed E-state index contributed by atoms with van der Waals surface area (Å²) in [5.74, 6) is -0.757. The molecule has 5 rings (SSSR count). The minimum Gasteiger partial charge on any atom is -0.744 e. The Hall–Kier alpha value is -6.02. The van der Waals surface area contributed by atoms with Gasteiger partial charge in [0, 0.05) is 16.8 Å². The van der Waals surface area contributed by atoms with Crippen molar-refractivity contribution in [2.45, 2.75) is 9.79 Å². The Bertz CT molecular complexity index is 2380. The van der Waals surface area contributed by atoms with E-state index in [1.165, 1.54) is 48.5 Å². The second kappa shape index (κ2) is 12.4. The van der Waals surface area contributed by atoms with Crippen LogP contribution in [0, 0.1) is 0 Å². The van der Waals surface area contributed by atoms with E-state index in [1.807, 2.05) is 0 Å². The fraction of sp³-hybridized carbons (Fsp3) is 0. The van der Waals surface area contributed by atoms with E-state index in [4.69, 9.17) is 22.9 Å². The first-order chi connectivity index (χ1) is 22.1. The van der Waals surface area contributed by atoms with E-state index in [-0.39, 0.29) is 44.9 Å². The van der Waals surface area contributed by atoms with Gasteiger partial charge in [0.05, 0.1) is 32.5 Å². The maximum absolute atomic E-state index is 12.1. The zero-order valence-corrected chi connectivity index (χ0v) is 25.3. The van der Waals surface area contributed by atoms with E-state index >= 15 is 0 Å². The van der Waals surface area contributed by atoms with Crippen LogP contribution in [-0.4, -0.2) is 31.0 Å². The molecule has 0 unspecified atom stereocenters. The molecule has 0 amide bonds. The van der Waals surface area contributed by atoms with Gasteiger partial charge in [0.2, 0.25) is 0 Å². The Labute approximate surface area is 266 Å². The molecule has 5 aromatic rings. The lowest BCUT2D eigenvalue weighted by atomic mass is 10.1. The summed E-state index contributed by atoms with van der Waals surface area (Å²) >= 11 is 0. The van der Waals surface area contributed by atoms with Crippen molar-refractivity contribution < 1.29 is 31.0 Å². The number of hydrogen-bond donors (Lipinski definition) is 5. The minimum absolute atomic E-state index is 0.0219. The van der Waals surface area contributed by atoms with Crippen LogP contribution in [0.15, 0.2) is 119 Å². The van der Waals surface area contributed by atoms with Gasteiger partial charge in [-0.05, 0) is 78.2 Å². The molecule has 0 spiro atoms. The zero-order chi connectivity index (χ0) is 34.1. The van der Waals surface area contributed by atoms with Crippen molar-refractivity contribution in [3.63, 3.8) is 0 Å². The van der Waals surface area contributed by atoms with Crippen molar-refractivity contribution in [3.8, 4) is 5.75 Å². The average molecular weight is 675 g/mol. The first-order valence-corrected chi connectivity index (χ1v) is 15.8. The number of nitrogen functional groups attached to an aromatic ring is 4. The number of nitrogens with zero attached hydrogens (tertiary/aromatic N) is 6. The Morgan fingerprint density at radius 2 is 1.02 bits per heavy atom. The predicted molar refractivity (Wildman–Crippen MR) is 171 cm³/mol. The fourth-order valence-corrected chi connectivity index (χ4v) is 5.46. The molecule has 0 fully saturated rings. The van der Waals surface area contributed by atoms with Gasteiger partial charge in [0.25, 0.3) is 0 Å². The van der Waals surface area contributed by atoms with Gasteiger partial charge < -0.3 is 37.1 Å². The van der Waals surface area contributed by atoms with Gasteiger partial charge in [0.1, 0.15) is 43.0 Å². The lowest BCUT2D eigenvalue weighted by Gasteiger charge is -2.14. The molecule has 17 nitrogen and oxygen atoms in total. The number of rotatable bonds is 8. The lowest BCUT2D eigenvalue weighted by Crippen LogP contribution is -1.99. The standard InChI is InChI=1S/C28H24N10O7S2/c29-15-2-6-22(20(31)10-15)35-33-17-4-1-14-9-26(47(43,44)45)27(28(39)19(14)12-17)38-34-18-5-8-24(25(13-18)46(40,41)42)37-36-23-7-3-16(30)11-21(23)32/h1-13,39H,29-32H2,(H,40,41,42)(H,43,44,45)/p-2. The van der Waals surface area contributed by atoms with Crippen LogP contribution < -0.4 is 22.9 Å². The minimum atomic E-state index is -5.22. The normalized spacial score (nSPS) is 12.6. The smallest absolute Gasteiger partial charge is 0.152 e. The summed E-state index contributed by atoms with van der Waals surface area (Å²) in [7, 11) is -10.4. The highest BCUT2D eigenvalue weighted by Gasteiger charge is 2.19. The molecular formula is C28H22N10O7S2-2. The monoisotopic (exact) mass is 674 g/mol. The highest BCUT2D eigenvalue weighted by molar-refractivity contribution is 7.86. The zero-order valence-electron chi connectivity index (χ0n) is 23.7. The van der Waals surface area contributed by atoms with E-state index < -0.39 is 41.5 Å². The van der Waals surface area contributed by atoms with Crippen LogP contribution in [0.1, 0.15) is 0 Å². The van der Waals surface area contributed by atoms with Gasteiger partial charge in [-0.1, -0.05) is 6.07 Å². The van der Waals surface area contributed by atoms with Crippen molar-refractivity contribution in [2.75, 3.05) is 22.9 Å². The van der Waals surface area contributed by atoms with Crippen molar-refractivity contribution >= 4 is 87.9 Å². The second-order valence-corrected chi connectivity index (χ2v) is 12.5. The molecule has 47 heavy (non-hydrogen) atoms. The molecule has 0 atom stereocenters. The van der Waals surface area contributed by atoms with E-state index in [0.717, 1.165) is 18.2 Å². The number of fused-ring (bicyclic) bond motifs is 1. The topological polar surface area (TPSA) is 313 Å². The summed E-state index contributed by atoms with van der Waals surface area (Å²) < 4.78 is 72.5. The number of benzene rings is 5. The van der Waals surface area contributed by atoms with Crippen LogP contribution in [-0.2, 0) is 20.2 Å². The van der Waals surface area contributed by atoms with E-state index in [2.05, 4.69) is 30.7 Å². The van der Waals surface area contributed by atoms with Crippen molar-refractivity contribution in [2.24, 2.45) is 30.7 Å². The molecule has 0 saturated carbocycles. The second-order valence-electron chi connectivity index (χ2n) is 9.77. The van der Waals surface area contributed by atoms with Gasteiger partial charge in [-0.15, -0.1) is 20.5 Å². The molecule has 9 N–H and O–H groups in total. The maximum atomic E-state index is 12.1. The third-order valence-electron chi connectivity index (χ3n) is 6.43. The Balaban J connectivity index is 1.55. The first kappa shape index (κ1) is 32.4. The number of nitrogens with two attached hydrogens (primary N) is 4. The average Bonchev–Trinajstić information content (AvgIpc) is 2.99. The molecule has 0 aliphatic rings. The van der Waals surface area contributed by atoms with Crippen LogP contribution in [0.4, 0.5) is 56.9 Å². The number of azo groups is 3. The summed E-state index contributed by atoms with van der Waals surface area (Å²) in [4.78, 5) is -1.76. The SMILES string of the molecule is Nc1ccc(N=Nc2ccc3cc(S(=O)(=O)[O-])c(N=Nc4ccc(N=Nc5ccc(N)cc5N)c(S(=O)(=O)[O-])c4)c(O)c3c2)c(N)c1. The van der Waals surface area contributed by atoms with E-state index in [0.29, 0.717) is 17.1 Å². The summed E-state index contributed by atoms with van der Waals surface area (Å²) in [6.45, 7) is 0. The molecule has 0 aromatic heterocycles. The van der Waals surface area contributed by atoms with Gasteiger partial charge in [-0.25, -0.2) is 16.8 Å². The molecule has 0 radical (unpaired) electrons. The van der Waals surface area contributed by atoms with Gasteiger partial charge in [0.15, 0.2) is 5.75 Å². The van der Waals surface area contributed by atoms with E-state index in [1.54, 1.807) is 12.1 Å². The van der Waals surface area contributed by atoms with Crippen LogP contribution in [0.3, 0.4) is 0 Å². The molecule has 0 aliphatic carbocycles. The third kappa shape index (κ3) is 7.28. The highest BCUT2D eigenvalue weighted by atomic mass is 32.2. The number of phenols is 1. The third-order valence-corrected chi connectivity index (χ3v) is 8.14. The first-order valence-electron chi connectivity index (χ1n) is 13.0. The van der Waals surface area contributed by atoms with Crippen LogP contribution in [0.2, 0.25) is 0 Å². The van der Waals surface area contributed by atoms with Gasteiger partial charge in [-0.2, -0.15) is 10.2 Å². The summed E-state index contributed by atoms with van der Waals surface area (Å²) in [5.41, 5.74) is 23.5. The Morgan fingerprint density at radius 1 is 0.532 bits per heavy atom. The fourth-order valence-electron chi connectivity index (χ4n) is 4.18. The number of aromatic hydroxyl groups is 1. The molecule has 240 valence electrons. The Morgan fingerprint density at radius 3 is 1.60 bits per heavy atom. The summed E-state index contributed by atoms with van der Waals surface area (Å²) in [5, 5.41) is 34.5. The Kier molecular flexibility index (Phi) is 8.54. The van der Waals surface area contributed by atoms with Gasteiger partial charge >= 0.3 is 0 Å². The van der Waals surface area contributed by atoms with Crippen LogP contribution in [0.25, 0.3) is 10.8 Å². The predicted octanol–water partition coefficient (Wildman–Crippen LogP) is 5.93. The quantitative estimate of drug-likeness (QED) is 0.0729. The van der Waals surface area contributed by atoms with Crippen LogP contribution in [0.5, 0.6) is 5.75 Å². The molecule has 0 saturated heterocycles. The highest BCUT2D eigenvalue weighted by Crippen LogP contribution is 2.43. The number of phenolic OH excluding ortho intramolecular Hbond substituents is 1. The molecule has 5 aromatic carbocycles. The molecule has 0 heterocycles.